The third kappa shape index (κ3) is 2.88. The standard InChI is InChI=1S/C19H23FN4O3/c1-3-23-9-13(18(26)27)15(25)12-8-14(20)17(21-16(12)23)24-7-5-19(11-24)4-6-22(2)10-19/h8-9H,3-7,10-11H2,1-2H3,(H,26,27). The van der Waals surface area contributed by atoms with Crippen molar-refractivity contribution in [2.24, 2.45) is 5.41 Å². The van der Waals surface area contributed by atoms with Gasteiger partial charge in [0.2, 0.25) is 5.43 Å². The molecule has 1 atom stereocenters. The number of rotatable bonds is 3. The highest BCUT2D eigenvalue weighted by molar-refractivity contribution is 5.92. The summed E-state index contributed by atoms with van der Waals surface area (Å²) in [5.41, 5.74) is -0.564. The van der Waals surface area contributed by atoms with Crippen LogP contribution in [0.4, 0.5) is 10.2 Å². The molecular formula is C19H23FN4O3. The van der Waals surface area contributed by atoms with E-state index in [0.717, 1.165) is 45.1 Å². The van der Waals surface area contributed by atoms with Crippen LogP contribution < -0.4 is 10.3 Å². The number of carboxylic acid groups (broad SMARTS) is 1. The molecule has 4 rings (SSSR count). The molecule has 144 valence electrons. The molecule has 1 N–H and O–H groups in total. The van der Waals surface area contributed by atoms with Gasteiger partial charge in [0.05, 0.1) is 5.39 Å². The molecule has 2 aliphatic heterocycles. The van der Waals surface area contributed by atoms with Gasteiger partial charge in [-0.05, 0) is 39.4 Å². The van der Waals surface area contributed by atoms with Crippen LogP contribution in [0.3, 0.4) is 0 Å². The van der Waals surface area contributed by atoms with E-state index in [-0.39, 0.29) is 22.2 Å². The molecule has 2 aliphatic rings. The number of likely N-dealkylation sites (tertiary alicyclic amines) is 1. The second-order valence-corrected chi connectivity index (χ2v) is 7.79. The highest BCUT2D eigenvalue weighted by atomic mass is 19.1. The van der Waals surface area contributed by atoms with E-state index in [1.807, 2.05) is 11.8 Å². The minimum atomic E-state index is -1.32. The Bertz CT molecular complexity index is 989. The number of aryl methyl sites for hydroxylation is 1. The van der Waals surface area contributed by atoms with E-state index >= 15 is 0 Å². The third-order valence-corrected chi connectivity index (χ3v) is 5.92. The van der Waals surface area contributed by atoms with E-state index in [1.54, 1.807) is 4.57 Å². The monoisotopic (exact) mass is 374 g/mol. The Labute approximate surface area is 156 Å². The summed E-state index contributed by atoms with van der Waals surface area (Å²) >= 11 is 0. The fourth-order valence-electron chi connectivity index (χ4n) is 4.50. The molecule has 8 heteroatoms. The van der Waals surface area contributed by atoms with Gasteiger partial charge in [-0.25, -0.2) is 14.2 Å². The van der Waals surface area contributed by atoms with Crippen molar-refractivity contribution in [1.82, 2.24) is 14.5 Å². The first-order valence-electron chi connectivity index (χ1n) is 9.24. The number of nitrogens with zero attached hydrogens (tertiary/aromatic N) is 4. The van der Waals surface area contributed by atoms with Crippen LogP contribution in [-0.2, 0) is 6.54 Å². The molecule has 2 aromatic heterocycles. The van der Waals surface area contributed by atoms with Crippen molar-refractivity contribution >= 4 is 22.8 Å². The van der Waals surface area contributed by atoms with Crippen LogP contribution in [0.15, 0.2) is 17.1 Å². The number of hydrogen-bond acceptors (Lipinski definition) is 5. The van der Waals surface area contributed by atoms with Crippen molar-refractivity contribution in [3.8, 4) is 0 Å². The first kappa shape index (κ1) is 17.9. The van der Waals surface area contributed by atoms with Crippen molar-refractivity contribution in [3.63, 3.8) is 0 Å². The molecule has 27 heavy (non-hydrogen) atoms. The van der Waals surface area contributed by atoms with Crippen molar-refractivity contribution in [3.05, 3.63) is 33.9 Å². The summed E-state index contributed by atoms with van der Waals surface area (Å²) in [6.07, 6.45) is 3.38. The molecule has 7 nitrogen and oxygen atoms in total. The number of aromatic nitrogens is 2. The zero-order valence-electron chi connectivity index (χ0n) is 15.5. The molecule has 1 spiro atoms. The van der Waals surface area contributed by atoms with Gasteiger partial charge in [-0.1, -0.05) is 0 Å². The number of pyridine rings is 2. The largest absolute Gasteiger partial charge is 0.477 e. The van der Waals surface area contributed by atoms with E-state index in [0.29, 0.717) is 12.2 Å². The number of carbonyl (C=O) groups is 1. The lowest BCUT2D eigenvalue weighted by Crippen LogP contribution is -2.30. The van der Waals surface area contributed by atoms with Gasteiger partial charge in [0.25, 0.3) is 0 Å². The predicted molar refractivity (Wildman–Crippen MR) is 100.0 cm³/mol. The molecule has 0 radical (unpaired) electrons. The fraction of sp³-hybridized carbons (Fsp3) is 0.526. The molecule has 0 amide bonds. The van der Waals surface area contributed by atoms with E-state index in [2.05, 4.69) is 16.9 Å². The van der Waals surface area contributed by atoms with Gasteiger partial charge >= 0.3 is 5.97 Å². The van der Waals surface area contributed by atoms with E-state index < -0.39 is 17.2 Å². The highest BCUT2D eigenvalue weighted by Crippen LogP contribution is 2.40. The molecule has 0 aliphatic carbocycles. The lowest BCUT2D eigenvalue weighted by molar-refractivity contribution is 0.0695. The van der Waals surface area contributed by atoms with Gasteiger partial charge < -0.3 is 19.5 Å². The zero-order valence-corrected chi connectivity index (χ0v) is 15.5. The minimum Gasteiger partial charge on any atom is -0.477 e. The Morgan fingerprint density at radius 3 is 2.70 bits per heavy atom. The zero-order chi connectivity index (χ0) is 19.3. The Balaban J connectivity index is 1.79. The highest BCUT2D eigenvalue weighted by Gasteiger charge is 2.43. The number of hydrogen-bond donors (Lipinski definition) is 1. The molecule has 4 heterocycles. The molecule has 2 fully saturated rings. The average molecular weight is 374 g/mol. The number of aromatic carboxylic acids is 1. The van der Waals surface area contributed by atoms with Crippen LogP contribution in [0.2, 0.25) is 0 Å². The van der Waals surface area contributed by atoms with Gasteiger partial charge in [0.1, 0.15) is 11.2 Å². The van der Waals surface area contributed by atoms with Crippen molar-refractivity contribution in [1.29, 1.82) is 0 Å². The van der Waals surface area contributed by atoms with Gasteiger partial charge in [-0.3, -0.25) is 4.79 Å². The first-order valence-corrected chi connectivity index (χ1v) is 9.24. The summed E-state index contributed by atoms with van der Waals surface area (Å²) < 4.78 is 16.5. The summed E-state index contributed by atoms with van der Waals surface area (Å²) in [5.74, 6) is -1.65. The summed E-state index contributed by atoms with van der Waals surface area (Å²) in [6, 6.07) is 1.14. The minimum absolute atomic E-state index is 0.00695. The predicted octanol–water partition coefficient (Wildman–Crippen LogP) is 1.79. The van der Waals surface area contributed by atoms with E-state index in [4.69, 9.17) is 0 Å². The van der Waals surface area contributed by atoms with E-state index in [9.17, 15) is 19.1 Å². The van der Waals surface area contributed by atoms with Crippen LogP contribution in [-0.4, -0.2) is 58.8 Å². The van der Waals surface area contributed by atoms with Crippen molar-refractivity contribution in [2.75, 3.05) is 38.1 Å². The smallest absolute Gasteiger partial charge is 0.341 e. The number of anilines is 1. The molecule has 0 bridgehead atoms. The van der Waals surface area contributed by atoms with Crippen LogP contribution in [0.5, 0.6) is 0 Å². The lowest BCUT2D eigenvalue weighted by Gasteiger charge is -2.25. The Morgan fingerprint density at radius 2 is 2.07 bits per heavy atom. The van der Waals surface area contributed by atoms with Gasteiger partial charge in [0, 0.05) is 37.8 Å². The molecule has 2 saturated heterocycles. The Hall–Kier alpha value is -2.48. The van der Waals surface area contributed by atoms with Crippen LogP contribution in [0.1, 0.15) is 30.1 Å². The van der Waals surface area contributed by atoms with Crippen LogP contribution in [0, 0.1) is 11.2 Å². The summed E-state index contributed by atoms with van der Waals surface area (Å²) in [7, 11) is 2.10. The average Bonchev–Trinajstić information content (AvgIpc) is 3.21. The topological polar surface area (TPSA) is 78.7 Å². The number of halogens is 1. The quantitative estimate of drug-likeness (QED) is 0.882. The van der Waals surface area contributed by atoms with Crippen LogP contribution >= 0.6 is 0 Å². The Kier molecular flexibility index (Phi) is 4.18. The van der Waals surface area contributed by atoms with Gasteiger partial charge in [-0.2, -0.15) is 0 Å². The second-order valence-electron chi connectivity index (χ2n) is 7.79. The molecule has 2 aromatic rings. The number of carboxylic acids is 1. The summed E-state index contributed by atoms with van der Waals surface area (Å²) in [4.78, 5) is 32.5. The normalized spacial score (nSPS) is 23.0. The fourth-order valence-corrected chi connectivity index (χ4v) is 4.50. The van der Waals surface area contributed by atoms with E-state index in [1.165, 1.54) is 6.20 Å². The molecule has 0 aromatic carbocycles. The van der Waals surface area contributed by atoms with Crippen molar-refractivity contribution in [2.45, 2.75) is 26.3 Å². The first-order chi connectivity index (χ1) is 12.8. The maximum Gasteiger partial charge on any atom is 0.341 e. The SMILES string of the molecule is CCn1cc(C(=O)O)c(=O)c2cc(F)c(N3CCC4(CCN(C)C4)C3)nc21. The Morgan fingerprint density at radius 1 is 1.33 bits per heavy atom. The maximum absolute atomic E-state index is 14.9. The summed E-state index contributed by atoms with van der Waals surface area (Å²) in [6.45, 7) is 5.79. The lowest BCUT2D eigenvalue weighted by atomic mass is 9.86. The van der Waals surface area contributed by atoms with Gasteiger partial charge in [-0.15, -0.1) is 0 Å². The molecule has 1 unspecified atom stereocenters. The number of fused-ring (bicyclic) bond motifs is 1. The second kappa shape index (κ2) is 6.30. The molecule has 0 saturated carbocycles. The molecular weight excluding hydrogens is 351 g/mol. The van der Waals surface area contributed by atoms with Gasteiger partial charge in [0.15, 0.2) is 11.6 Å². The maximum atomic E-state index is 14.9. The van der Waals surface area contributed by atoms with Crippen LogP contribution in [0.25, 0.3) is 11.0 Å². The van der Waals surface area contributed by atoms with Crippen molar-refractivity contribution < 1.29 is 14.3 Å². The summed E-state index contributed by atoms with van der Waals surface area (Å²) in [5, 5.41) is 9.25. The third-order valence-electron chi connectivity index (χ3n) is 5.92.